The van der Waals surface area contributed by atoms with Crippen molar-refractivity contribution in [3.8, 4) is 11.9 Å². The topological polar surface area (TPSA) is 102 Å². The summed E-state index contributed by atoms with van der Waals surface area (Å²) in [6, 6.07) is 9.87. The summed E-state index contributed by atoms with van der Waals surface area (Å²) in [5.41, 5.74) is 9.54. The number of nitrogens with zero attached hydrogens (tertiary/aromatic N) is 5. The van der Waals surface area contributed by atoms with Gasteiger partial charge in [-0.1, -0.05) is 35.1 Å². The molecule has 0 unspecified atom stereocenters. The number of aromatic nitrogens is 2. The number of thioether (sulfide) groups is 1. The third-order valence-electron chi connectivity index (χ3n) is 3.87. The van der Waals surface area contributed by atoms with Crippen molar-refractivity contribution in [3.05, 3.63) is 52.5 Å². The molecule has 3 atom stereocenters. The lowest BCUT2D eigenvalue weighted by atomic mass is 10.2. The fourth-order valence-electron chi connectivity index (χ4n) is 2.60. The highest BCUT2D eigenvalue weighted by atomic mass is 32.2. The van der Waals surface area contributed by atoms with Crippen molar-refractivity contribution >= 4 is 11.8 Å². The first-order valence-corrected chi connectivity index (χ1v) is 8.99. The minimum atomic E-state index is -0.358. The average Bonchev–Trinajstić information content (AvgIpc) is 3.03. The predicted molar refractivity (Wildman–Crippen MR) is 97.3 cm³/mol. The summed E-state index contributed by atoms with van der Waals surface area (Å²) in [7, 11) is 1.54. The van der Waals surface area contributed by atoms with Gasteiger partial charge in [0.2, 0.25) is 5.88 Å². The van der Waals surface area contributed by atoms with Crippen LogP contribution in [-0.4, -0.2) is 41.3 Å². The molecule has 1 aromatic carbocycles. The van der Waals surface area contributed by atoms with Crippen LogP contribution in [-0.2, 0) is 4.74 Å². The van der Waals surface area contributed by atoms with E-state index in [1.807, 2.05) is 37.3 Å². The highest BCUT2D eigenvalue weighted by Crippen LogP contribution is 2.35. The number of aryl methyl sites for hydroxylation is 1. The second kappa shape index (κ2) is 8.75. The van der Waals surface area contributed by atoms with Gasteiger partial charge >= 0.3 is 6.01 Å². The van der Waals surface area contributed by atoms with Crippen molar-refractivity contribution in [2.45, 2.75) is 35.8 Å². The summed E-state index contributed by atoms with van der Waals surface area (Å²) in [4.78, 5) is 12.4. The number of benzene rings is 1. The standard InChI is InChI=1S/C17H19N5O3S/c1-11-9-19-17(20-16(11)23-2)24-10-14-13(21-22-18)8-15(25-14)26-12-6-4-3-5-7-12/h3-7,9,13-15H,8,10H2,1-2H3/t13-,14+,15+/m0/s1. The second-order valence-corrected chi connectivity index (χ2v) is 6.93. The third kappa shape index (κ3) is 4.57. The molecule has 0 spiro atoms. The SMILES string of the molecule is COc1nc(OC[C@H]2O[C@H](Sc3ccccc3)C[C@@H]2N=[N+]=[N-])ncc1C. The Morgan fingerprint density at radius 3 is 2.92 bits per heavy atom. The van der Waals surface area contributed by atoms with Crippen molar-refractivity contribution in [1.29, 1.82) is 0 Å². The molecule has 2 heterocycles. The fourth-order valence-corrected chi connectivity index (χ4v) is 3.71. The molecule has 1 aliphatic rings. The molecule has 136 valence electrons. The minimum absolute atomic E-state index is 0.102. The van der Waals surface area contributed by atoms with Crippen LogP contribution in [0.1, 0.15) is 12.0 Å². The van der Waals surface area contributed by atoms with E-state index < -0.39 is 0 Å². The van der Waals surface area contributed by atoms with Gasteiger partial charge in [0.15, 0.2) is 0 Å². The fraction of sp³-hybridized carbons (Fsp3) is 0.412. The van der Waals surface area contributed by atoms with E-state index in [-0.39, 0.29) is 30.2 Å². The molecule has 0 N–H and O–H groups in total. The molecule has 3 rings (SSSR count). The first-order chi connectivity index (χ1) is 12.7. The number of azide groups is 1. The Kier molecular flexibility index (Phi) is 6.17. The van der Waals surface area contributed by atoms with Crippen LogP contribution >= 0.6 is 11.8 Å². The Labute approximate surface area is 155 Å². The van der Waals surface area contributed by atoms with Crippen molar-refractivity contribution in [2.24, 2.45) is 5.11 Å². The molecule has 0 aliphatic carbocycles. The van der Waals surface area contributed by atoms with Crippen LogP contribution in [0.2, 0.25) is 0 Å². The third-order valence-corrected chi connectivity index (χ3v) is 4.98. The Morgan fingerprint density at radius 1 is 1.38 bits per heavy atom. The summed E-state index contributed by atoms with van der Waals surface area (Å²) in [5, 5.41) is 3.85. The lowest BCUT2D eigenvalue weighted by Gasteiger charge is -2.15. The number of hydrogen-bond acceptors (Lipinski definition) is 7. The van der Waals surface area contributed by atoms with Crippen LogP contribution in [0.25, 0.3) is 10.4 Å². The molecular formula is C17H19N5O3S. The summed E-state index contributed by atoms with van der Waals surface area (Å²) >= 11 is 1.60. The van der Waals surface area contributed by atoms with Gasteiger partial charge in [-0.15, -0.1) is 0 Å². The molecule has 0 bridgehead atoms. The van der Waals surface area contributed by atoms with Gasteiger partial charge in [-0.3, -0.25) is 0 Å². The predicted octanol–water partition coefficient (Wildman–Crippen LogP) is 3.76. The minimum Gasteiger partial charge on any atom is -0.481 e. The van der Waals surface area contributed by atoms with Crippen LogP contribution < -0.4 is 9.47 Å². The lowest BCUT2D eigenvalue weighted by molar-refractivity contribution is 0.0456. The Balaban J connectivity index is 1.63. The zero-order valence-electron chi connectivity index (χ0n) is 14.5. The van der Waals surface area contributed by atoms with Gasteiger partial charge in [0, 0.05) is 21.6 Å². The molecule has 0 amide bonds. The maximum Gasteiger partial charge on any atom is 0.319 e. The van der Waals surface area contributed by atoms with E-state index >= 15 is 0 Å². The molecule has 8 nitrogen and oxygen atoms in total. The first kappa shape index (κ1) is 18.3. The molecule has 1 saturated heterocycles. The molecule has 1 aliphatic heterocycles. The van der Waals surface area contributed by atoms with E-state index in [0.717, 1.165) is 10.5 Å². The molecule has 1 aromatic heterocycles. The number of hydrogen-bond donors (Lipinski definition) is 0. The van der Waals surface area contributed by atoms with Crippen molar-refractivity contribution in [3.63, 3.8) is 0 Å². The van der Waals surface area contributed by atoms with Gasteiger partial charge in [0.25, 0.3) is 0 Å². The van der Waals surface area contributed by atoms with Crippen LogP contribution in [0.3, 0.4) is 0 Å². The molecule has 0 radical (unpaired) electrons. The summed E-state index contributed by atoms with van der Waals surface area (Å²) in [6.07, 6.45) is 1.90. The average molecular weight is 373 g/mol. The maximum atomic E-state index is 8.82. The van der Waals surface area contributed by atoms with Crippen molar-refractivity contribution < 1.29 is 14.2 Å². The van der Waals surface area contributed by atoms with E-state index in [9.17, 15) is 0 Å². The molecule has 26 heavy (non-hydrogen) atoms. The number of methoxy groups -OCH3 is 1. The van der Waals surface area contributed by atoms with Gasteiger partial charge in [-0.25, -0.2) is 4.98 Å². The van der Waals surface area contributed by atoms with Gasteiger partial charge in [0.05, 0.1) is 13.2 Å². The first-order valence-electron chi connectivity index (χ1n) is 8.11. The largest absolute Gasteiger partial charge is 0.481 e. The van der Waals surface area contributed by atoms with Crippen molar-refractivity contribution in [1.82, 2.24) is 9.97 Å². The highest BCUT2D eigenvalue weighted by molar-refractivity contribution is 7.99. The molecule has 9 heteroatoms. The van der Waals surface area contributed by atoms with Crippen molar-refractivity contribution in [2.75, 3.05) is 13.7 Å². The zero-order valence-corrected chi connectivity index (χ0v) is 15.3. The Bertz CT molecular complexity index is 785. The van der Waals surface area contributed by atoms with Crippen LogP contribution in [0, 0.1) is 6.92 Å². The smallest absolute Gasteiger partial charge is 0.319 e. The van der Waals surface area contributed by atoms with E-state index in [1.165, 1.54) is 0 Å². The Hall–Kier alpha value is -2.48. The normalized spacial score (nSPS) is 21.8. The van der Waals surface area contributed by atoms with E-state index in [2.05, 4.69) is 20.0 Å². The van der Waals surface area contributed by atoms with Gasteiger partial charge in [-0.05, 0) is 31.0 Å². The lowest BCUT2D eigenvalue weighted by Crippen LogP contribution is -2.27. The van der Waals surface area contributed by atoms with Crippen LogP contribution in [0.4, 0.5) is 0 Å². The molecule has 2 aromatic rings. The van der Waals surface area contributed by atoms with Gasteiger partial charge < -0.3 is 14.2 Å². The maximum absolute atomic E-state index is 8.82. The van der Waals surface area contributed by atoms with Crippen LogP contribution in [0.5, 0.6) is 11.9 Å². The summed E-state index contributed by atoms with van der Waals surface area (Å²) in [5.74, 6) is 0.464. The summed E-state index contributed by atoms with van der Waals surface area (Å²) < 4.78 is 16.8. The van der Waals surface area contributed by atoms with Gasteiger partial charge in [0.1, 0.15) is 18.1 Å². The molecule has 1 fully saturated rings. The molecule has 0 saturated carbocycles. The monoisotopic (exact) mass is 373 g/mol. The van der Waals surface area contributed by atoms with E-state index in [0.29, 0.717) is 12.3 Å². The number of rotatable bonds is 7. The summed E-state index contributed by atoms with van der Waals surface area (Å²) in [6.45, 7) is 2.05. The van der Waals surface area contributed by atoms with Gasteiger partial charge in [-0.2, -0.15) is 4.98 Å². The number of ether oxygens (including phenoxy) is 3. The zero-order chi connectivity index (χ0) is 18.4. The van der Waals surface area contributed by atoms with E-state index in [4.69, 9.17) is 19.7 Å². The van der Waals surface area contributed by atoms with Crippen LogP contribution in [0.15, 0.2) is 46.5 Å². The molecular weight excluding hydrogens is 354 g/mol. The van der Waals surface area contributed by atoms with E-state index in [1.54, 1.807) is 25.1 Å². The highest BCUT2D eigenvalue weighted by Gasteiger charge is 2.36. The Morgan fingerprint density at radius 2 is 2.19 bits per heavy atom. The second-order valence-electron chi connectivity index (χ2n) is 5.70. The quantitative estimate of drug-likeness (QED) is 0.416.